The van der Waals surface area contributed by atoms with Gasteiger partial charge in [-0.1, -0.05) is 12.1 Å². The lowest BCUT2D eigenvalue weighted by molar-refractivity contribution is -0.385. The fourth-order valence-corrected chi connectivity index (χ4v) is 2.60. The molecule has 1 amide bonds. The van der Waals surface area contributed by atoms with E-state index >= 15 is 0 Å². The molecular formula is C18H18N2O5. The molecule has 1 unspecified atom stereocenters. The van der Waals surface area contributed by atoms with E-state index in [0.29, 0.717) is 24.5 Å². The highest BCUT2D eigenvalue weighted by molar-refractivity contribution is 5.81. The van der Waals surface area contributed by atoms with E-state index < -0.39 is 11.0 Å². The Morgan fingerprint density at radius 3 is 2.52 bits per heavy atom. The molecule has 0 bridgehead atoms. The van der Waals surface area contributed by atoms with E-state index in [1.807, 2.05) is 0 Å². The second kappa shape index (κ2) is 7.65. The number of nitrogens with zero attached hydrogens (tertiary/aromatic N) is 1. The number of benzene rings is 2. The van der Waals surface area contributed by atoms with Crippen LogP contribution in [0.3, 0.4) is 0 Å². The zero-order chi connectivity index (χ0) is 17.6. The summed E-state index contributed by atoms with van der Waals surface area (Å²) in [5.41, 5.74) is -0.0991. The average molecular weight is 342 g/mol. The summed E-state index contributed by atoms with van der Waals surface area (Å²) in [5, 5.41) is 13.8. The Morgan fingerprint density at radius 1 is 1.04 bits per heavy atom. The maximum Gasteiger partial charge on any atom is 0.311 e. The summed E-state index contributed by atoms with van der Waals surface area (Å²) in [5.74, 6) is 1.07. The summed E-state index contributed by atoms with van der Waals surface area (Å²) in [4.78, 5) is 22.4. The molecule has 1 saturated heterocycles. The van der Waals surface area contributed by atoms with Gasteiger partial charge in [0.05, 0.1) is 4.92 Å². The molecule has 7 heteroatoms. The molecule has 1 aliphatic heterocycles. The van der Waals surface area contributed by atoms with E-state index in [2.05, 4.69) is 5.32 Å². The monoisotopic (exact) mass is 342 g/mol. The molecular weight excluding hydrogens is 324 g/mol. The molecule has 1 atom stereocenters. The zero-order valence-electron chi connectivity index (χ0n) is 13.5. The van der Waals surface area contributed by atoms with Gasteiger partial charge in [-0.15, -0.1) is 0 Å². The first-order valence-corrected chi connectivity index (χ1v) is 8.09. The Bertz CT molecular complexity index is 760. The number of ether oxygens (including phenoxy) is 2. The first-order chi connectivity index (χ1) is 12.1. The van der Waals surface area contributed by atoms with Crippen molar-refractivity contribution in [1.29, 1.82) is 0 Å². The van der Waals surface area contributed by atoms with Crippen LogP contribution < -0.4 is 14.8 Å². The van der Waals surface area contributed by atoms with Crippen LogP contribution in [0.5, 0.6) is 17.2 Å². The lowest BCUT2D eigenvalue weighted by atomic mass is 10.2. The maximum absolute atomic E-state index is 11.9. The van der Waals surface area contributed by atoms with Gasteiger partial charge in [-0.05, 0) is 49.6 Å². The Labute approximate surface area is 144 Å². The maximum atomic E-state index is 11.9. The first kappa shape index (κ1) is 16.8. The quantitative estimate of drug-likeness (QED) is 0.664. The predicted molar refractivity (Wildman–Crippen MR) is 90.9 cm³/mol. The molecule has 1 aliphatic rings. The Hall–Kier alpha value is -3.09. The number of carbonyl (C=O) groups excluding carboxylic acids is 1. The summed E-state index contributed by atoms with van der Waals surface area (Å²) in [6.45, 7) is 0.682. The van der Waals surface area contributed by atoms with Crippen molar-refractivity contribution in [3.05, 3.63) is 58.6 Å². The Morgan fingerprint density at radius 2 is 1.76 bits per heavy atom. The molecule has 0 spiro atoms. The van der Waals surface area contributed by atoms with Gasteiger partial charge in [-0.3, -0.25) is 14.9 Å². The number of amides is 1. The van der Waals surface area contributed by atoms with E-state index in [4.69, 9.17) is 9.47 Å². The molecule has 1 heterocycles. The topological polar surface area (TPSA) is 90.7 Å². The number of nitro groups is 1. The van der Waals surface area contributed by atoms with Crippen LogP contribution in [0.1, 0.15) is 19.3 Å². The third-order valence-electron chi connectivity index (χ3n) is 3.88. The van der Waals surface area contributed by atoms with Crippen molar-refractivity contribution in [3.8, 4) is 17.2 Å². The normalized spacial score (nSPS) is 17.3. The minimum atomic E-state index is -0.496. The van der Waals surface area contributed by atoms with Gasteiger partial charge in [0, 0.05) is 12.6 Å². The Balaban J connectivity index is 1.68. The van der Waals surface area contributed by atoms with Crippen LogP contribution in [-0.2, 0) is 4.79 Å². The fraction of sp³-hybridized carbons (Fsp3) is 0.278. The molecule has 2 aromatic carbocycles. The van der Waals surface area contributed by atoms with E-state index in [1.54, 1.807) is 42.5 Å². The van der Waals surface area contributed by atoms with Crippen molar-refractivity contribution in [2.45, 2.75) is 25.4 Å². The standard InChI is InChI=1S/C18H18N2O5/c21-18-17(7-3-4-12-19-18)25-14-10-8-13(9-11-14)24-16-6-2-1-5-15(16)20(22)23/h1-2,5-6,8-11,17H,3-4,7,12H2,(H,19,21). The molecule has 1 N–H and O–H groups in total. The van der Waals surface area contributed by atoms with Gasteiger partial charge in [-0.2, -0.15) is 0 Å². The van der Waals surface area contributed by atoms with Gasteiger partial charge in [-0.25, -0.2) is 0 Å². The van der Waals surface area contributed by atoms with Crippen molar-refractivity contribution in [1.82, 2.24) is 5.32 Å². The number of para-hydroxylation sites is 2. The van der Waals surface area contributed by atoms with Crippen LogP contribution in [0, 0.1) is 10.1 Å². The molecule has 3 rings (SSSR count). The predicted octanol–water partition coefficient (Wildman–Crippen LogP) is 3.43. The van der Waals surface area contributed by atoms with Gasteiger partial charge in [0.2, 0.25) is 5.75 Å². The second-order valence-corrected chi connectivity index (χ2v) is 5.69. The van der Waals surface area contributed by atoms with Crippen molar-refractivity contribution in [2.75, 3.05) is 6.54 Å². The zero-order valence-corrected chi connectivity index (χ0v) is 13.5. The number of hydrogen-bond acceptors (Lipinski definition) is 5. The van der Waals surface area contributed by atoms with Crippen LogP contribution in [0.4, 0.5) is 5.69 Å². The molecule has 0 aromatic heterocycles. The van der Waals surface area contributed by atoms with E-state index in [9.17, 15) is 14.9 Å². The van der Waals surface area contributed by atoms with Crippen LogP contribution in [0.2, 0.25) is 0 Å². The van der Waals surface area contributed by atoms with Crippen molar-refractivity contribution < 1.29 is 19.2 Å². The fourth-order valence-electron chi connectivity index (χ4n) is 2.60. The van der Waals surface area contributed by atoms with E-state index in [1.165, 1.54) is 6.07 Å². The van der Waals surface area contributed by atoms with Gasteiger partial charge in [0.1, 0.15) is 11.5 Å². The molecule has 0 saturated carbocycles. The number of nitrogens with one attached hydrogen (secondary N) is 1. The largest absolute Gasteiger partial charge is 0.481 e. The number of nitro benzene ring substituents is 1. The second-order valence-electron chi connectivity index (χ2n) is 5.69. The average Bonchev–Trinajstić information content (AvgIpc) is 2.81. The van der Waals surface area contributed by atoms with Crippen molar-refractivity contribution in [2.24, 2.45) is 0 Å². The lowest BCUT2D eigenvalue weighted by Crippen LogP contribution is -2.36. The van der Waals surface area contributed by atoms with Gasteiger partial charge >= 0.3 is 5.69 Å². The van der Waals surface area contributed by atoms with Gasteiger partial charge in [0.15, 0.2) is 6.10 Å². The van der Waals surface area contributed by atoms with Crippen LogP contribution >= 0.6 is 0 Å². The molecule has 130 valence electrons. The molecule has 25 heavy (non-hydrogen) atoms. The lowest BCUT2D eigenvalue weighted by Gasteiger charge is -2.16. The van der Waals surface area contributed by atoms with E-state index in [-0.39, 0.29) is 17.3 Å². The van der Waals surface area contributed by atoms with Crippen molar-refractivity contribution in [3.63, 3.8) is 0 Å². The molecule has 1 fully saturated rings. The molecule has 7 nitrogen and oxygen atoms in total. The highest BCUT2D eigenvalue weighted by atomic mass is 16.6. The molecule has 2 aromatic rings. The minimum Gasteiger partial charge on any atom is -0.481 e. The number of hydrogen-bond donors (Lipinski definition) is 1. The smallest absolute Gasteiger partial charge is 0.311 e. The van der Waals surface area contributed by atoms with Crippen LogP contribution in [0.25, 0.3) is 0 Å². The summed E-state index contributed by atoms with van der Waals surface area (Å²) >= 11 is 0. The van der Waals surface area contributed by atoms with Crippen LogP contribution in [0.15, 0.2) is 48.5 Å². The third kappa shape index (κ3) is 4.26. The number of carbonyl (C=O) groups is 1. The third-order valence-corrected chi connectivity index (χ3v) is 3.88. The highest BCUT2D eigenvalue weighted by Gasteiger charge is 2.22. The summed E-state index contributed by atoms with van der Waals surface area (Å²) in [7, 11) is 0. The SMILES string of the molecule is O=C1NCCCCC1Oc1ccc(Oc2ccccc2[N+](=O)[O-])cc1. The van der Waals surface area contributed by atoms with E-state index in [0.717, 1.165) is 12.8 Å². The highest BCUT2D eigenvalue weighted by Crippen LogP contribution is 2.31. The minimum absolute atomic E-state index is 0.0991. The summed E-state index contributed by atoms with van der Waals surface area (Å²) in [6, 6.07) is 12.9. The summed E-state index contributed by atoms with van der Waals surface area (Å²) in [6.07, 6.45) is 2.07. The Kier molecular flexibility index (Phi) is 5.13. The number of rotatable bonds is 5. The van der Waals surface area contributed by atoms with Crippen molar-refractivity contribution >= 4 is 11.6 Å². The molecule has 0 aliphatic carbocycles. The van der Waals surface area contributed by atoms with Gasteiger partial charge < -0.3 is 14.8 Å². The first-order valence-electron chi connectivity index (χ1n) is 8.09. The summed E-state index contributed by atoms with van der Waals surface area (Å²) < 4.78 is 11.3. The molecule has 0 radical (unpaired) electrons. The van der Waals surface area contributed by atoms with Crippen LogP contribution in [-0.4, -0.2) is 23.5 Å². The van der Waals surface area contributed by atoms with Gasteiger partial charge in [0.25, 0.3) is 5.91 Å².